The first kappa shape index (κ1) is 20.7. The van der Waals surface area contributed by atoms with Crippen molar-refractivity contribution in [1.82, 2.24) is 0 Å². The molecule has 0 saturated carbocycles. The zero-order chi connectivity index (χ0) is 20.8. The maximum atomic E-state index is 13.1. The van der Waals surface area contributed by atoms with Crippen LogP contribution in [0.25, 0.3) is 6.08 Å². The molecule has 1 aliphatic heterocycles. The van der Waals surface area contributed by atoms with Gasteiger partial charge in [0.2, 0.25) is 0 Å². The fourth-order valence-corrected chi connectivity index (χ4v) is 3.77. The molecule has 29 heavy (non-hydrogen) atoms. The van der Waals surface area contributed by atoms with E-state index in [1.54, 1.807) is 38.2 Å². The van der Waals surface area contributed by atoms with Gasteiger partial charge in [0.1, 0.15) is 23.0 Å². The van der Waals surface area contributed by atoms with Gasteiger partial charge in [-0.15, -0.1) is 0 Å². The van der Waals surface area contributed by atoms with E-state index in [2.05, 4.69) is 4.99 Å². The molecule has 7 heteroatoms. The first-order valence-electron chi connectivity index (χ1n) is 9.07. The maximum absolute atomic E-state index is 13.1. The highest BCUT2D eigenvalue weighted by Crippen LogP contribution is 2.31. The smallest absolute Gasteiger partial charge is 0.283 e. The number of thioether (sulfide) groups is 1. The number of hydrogen-bond donors (Lipinski definition) is 0. The van der Waals surface area contributed by atoms with E-state index in [0.717, 1.165) is 11.3 Å². The molecule has 0 bridgehead atoms. The molecule has 1 heterocycles. The molecule has 3 rings (SSSR count). The van der Waals surface area contributed by atoms with Gasteiger partial charge in [-0.2, -0.15) is 0 Å². The number of benzene rings is 2. The van der Waals surface area contributed by atoms with Crippen molar-refractivity contribution in [3.8, 4) is 11.5 Å². The normalized spacial score (nSPS) is 14.9. The number of carbonyl (C=O) groups excluding carboxylic acids is 2. The summed E-state index contributed by atoms with van der Waals surface area (Å²) in [6.07, 6.45) is 2.16. The lowest BCUT2D eigenvalue weighted by Gasteiger charge is -2.18. The van der Waals surface area contributed by atoms with Gasteiger partial charge in [-0.3, -0.25) is 14.5 Å². The monoisotopic (exact) mass is 410 g/mol. The number of rotatable bonds is 7. The van der Waals surface area contributed by atoms with Gasteiger partial charge in [-0.05, 0) is 42.8 Å². The molecule has 0 N–H and O–H groups in total. The molecule has 6 nitrogen and oxygen atoms in total. The van der Waals surface area contributed by atoms with Crippen molar-refractivity contribution in [1.29, 1.82) is 0 Å². The van der Waals surface area contributed by atoms with Crippen LogP contribution in [0.15, 0.2) is 59.2 Å². The number of amides is 1. The molecule has 0 spiro atoms. The molecule has 0 unspecified atom stereocenters. The zero-order valence-corrected chi connectivity index (χ0v) is 17.4. The van der Waals surface area contributed by atoms with Gasteiger partial charge in [0, 0.05) is 18.2 Å². The molecule has 1 amide bonds. The average Bonchev–Trinajstić information content (AvgIpc) is 3.03. The molecule has 0 aromatic heterocycles. The molecule has 2 aromatic rings. The fourth-order valence-electron chi connectivity index (χ4n) is 2.71. The topological polar surface area (TPSA) is 68.2 Å². The highest BCUT2D eigenvalue weighted by Gasteiger charge is 2.32. The number of methoxy groups -OCH3 is 2. The lowest BCUT2D eigenvalue weighted by molar-refractivity contribution is -0.116. The van der Waals surface area contributed by atoms with Crippen LogP contribution in [0.1, 0.15) is 18.9 Å². The predicted octanol–water partition coefficient (Wildman–Crippen LogP) is 4.16. The zero-order valence-electron chi connectivity index (χ0n) is 16.5. The predicted molar refractivity (Wildman–Crippen MR) is 117 cm³/mol. The van der Waals surface area contributed by atoms with E-state index in [1.165, 1.54) is 11.8 Å². The third-order valence-electron chi connectivity index (χ3n) is 4.25. The Kier molecular flexibility index (Phi) is 6.72. The number of aliphatic imine (C=N–C) groups is 1. The second-order valence-corrected chi connectivity index (χ2v) is 7.40. The molecule has 0 atom stereocenters. The second-order valence-electron chi connectivity index (χ2n) is 6.34. The molecule has 0 aliphatic carbocycles. The minimum atomic E-state index is -0.223. The summed E-state index contributed by atoms with van der Waals surface area (Å²) in [4.78, 5) is 30.5. The first-order valence-corrected chi connectivity index (χ1v) is 10.1. The van der Waals surface area contributed by atoms with Gasteiger partial charge in [-0.25, -0.2) is 4.99 Å². The minimum absolute atomic E-state index is 0.101. The van der Waals surface area contributed by atoms with E-state index in [0.29, 0.717) is 34.5 Å². The van der Waals surface area contributed by atoms with Crippen molar-refractivity contribution in [3.63, 3.8) is 0 Å². The number of anilines is 1. The van der Waals surface area contributed by atoms with Crippen LogP contribution in [0.5, 0.6) is 11.5 Å². The minimum Gasteiger partial charge on any atom is -0.497 e. The average molecular weight is 410 g/mol. The van der Waals surface area contributed by atoms with Gasteiger partial charge >= 0.3 is 0 Å². The van der Waals surface area contributed by atoms with Gasteiger partial charge in [0.15, 0.2) is 5.17 Å². The van der Waals surface area contributed by atoms with E-state index < -0.39 is 0 Å². The van der Waals surface area contributed by atoms with Crippen molar-refractivity contribution >= 4 is 40.4 Å². The Bertz CT molecular complexity index is 967. The molecule has 1 aliphatic rings. The van der Waals surface area contributed by atoms with Crippen LogP contribution in [0.4, 0.5) is 5.69 Å². The van der Waals surface area contributed by atoms with E-state index in [1.807, 2.05) is 42.5 Å². The van der Waals surface area contributed by atoms with E-state index in [-0.39, 0.29) is 11.7 Å². The Morgan fingerprint density at radius 3 is 2.48 bits per heavy atom. The number of ether oxygens (including phenoxy) is 2. The highest BCUT2D eigenvalue weighted by molar-refractivity contribution is 8.14. The van der Waals surface area contributed by atoms with Crippen LogP contribution in [0.2, 0.25) is 0 Å². The summed E-state index contributed by atoms with van der Waals surface area (Å²) in [6, 6.07) is 14.7. The van der Waals surface area contributed by atoms with Gasteiger partial charge in [0.25, 0.3) is 5.91 Å². The number of carbonyl (C=O) groups is 2. The van der Waals surface area contributed by atoms with Crippen LogP contribution in [-0.2, 0) is 9.59 Å². The summed E-state index contributed by atoms with van der Waals surface area (Å²) in [6.45, 7) is 1.55. The number of ketones is 1. The third-order valence-corrected chi connectivity index (χ3v) is 5.19. The summed E-state index contributed by atoms with van der Waals surface area (Å²) in [7, 11) is 3.19. The Hall–Kier alpha value is -3.06. The van der Waals surface area contributed by atoms with Crippen LogP contribution < -0.4 is 14.4 Å². The van der Waals surface area contributed by atoms with Crippen LogP contribution >= 0.6 is 11.8 Å². The lowest BCUT2D eigenvalue weighted by Crippen LogP contribution is -2.30. The van der Waals surface area contributed by atoms with Gasteiger partial charge < -0.3 is 9.47 Å². The van der Waals surface area contributed by atoms with E-state index in [4.69, 9.17) is 9.47 Å². The summed E-state index contributed by atoms with van der Waals surface area (Å²) in [5, 5.41) is 0.546. The third kappa shape index (κ3) is 5.06. The van der Waals surface area contributed by atoms with Crippen LogP contribution in [0.3, 0.4) is 0 Å². The van der Waals surface area contributed by atoms with E-state index in [9.17, 15) is 9.59 Å². The second kappa shape index (κ2) is 9.43. The summed E-state index contributed by atoms with van der Waals surface area (Å²) < 4.78 is 10.5. The Balaban J connectivity index is 1.93. The molecule has 0 radical (unpaired) electrons. The number of hydrogen-bond acceptors (Lipinski definition) is 6. The molecule has 2 aromatic carbocycles. The molecule has 0 fully saturated rings. The lowest BCUT2D eigenvalue weighted by atomic mass is 10.2. The highest BCUT2D eigenvalue weighted by atomic mass is 32.2. The Morgan fingerprint density at radius 2 is 1.83 bits per heavy atom. The SMILES string of the molecule is COc1ccc(/C=C2\N=C(SCCC(C)=O)N(c3cccc(OC)c3)C2=O)cc1. The van der Waals surface area contributed by atoms with Crippen LogP contribution in [0, 0.1) is 0 Å². The standard InChI is InChI=1S/C22H22N2O4S/c1-15(25)11-12-29-22-23-20(13-16-7-9-18(27-2)10-8-16)21(26)24(22)17-5-4-6-19(14-17)28-3/h4-10,13-14H,11-12H2,1-3H3/b20-13-. The largest absolute Gasteiger partial charge is 0.497 e. The Labute approximate surface area is 174 Å². The molecule has 0 saturated heterocycles. The number of amidine groups is 1. The van der Waals surface area contributed by atoms with E-state index >= 15 is 0 Å². The van der Waals surface area contributed by atoms with Crippen molar-refractivity contribution in [2.24, 2.45) is 4.99 Å². The molecular formula is C22H22N2O4S. The van der Waals surface area contributed by atoms with Crippen molar-refractivity contribution in [2.45, 2.75) is 13.3 Å². The van der Waals surface area contributed by atoms with Crippen molar-refractivity contribution < 1.29 is 19.1 Å². The van der Waals surface area contributed by atoms with Crippen molar-refractivity contribution in [2.75, 3.05) is 24.9 Å². The van der Waals surface area contributed by atoms with Crippen molar-refractivity contribution in [3.05, 3.63) is 59.8 Å². The number of nitrogens with zero attached hydrogens (tertiary/aromatic N) is 2. The summed E-state index contributed by atoms with van der Waals surface area (Å²) >= 11 is 1.39. The Morgan fingerprint density at radius 1 is 1.10 bits per heavy atom. The fraction of sp³-hybridized carbons (Fsp3) is 0.227. The number of Topliss-reactive ketones (excluding diaryl/α,β-unsaturated/α-hetero) is 1. The molecular weight excluding hydrogens is 388 g/mol. The van der Waals surface area contributed by atoms with Gasteiger partial charge in [0.05, 0.1) is 19.9 Å². The maximum Gasteiger partial charge on any atom is 0.283 e. The van der Waals surface area contributed by atoms with Gasteiger partial charge in [-0.1, -0.05) is 30.0 Å². The molecule has 150 valence electrons. The summed E-state index contributed by atoms with van der Waals surface area (Å²) in [5.74, 6) is 1.82. The summed E-state index contributed by atoms with van der Waals surface area (Å²) in [5.41, 5.74) is 1.85. The van der Waals surface area contributed by atoms with Crippen LogP contribution in [-0.4, -0.2) is 36.8 Å². The first-order chi connectivity index (χ1) is 14.0. The quantitative estimate of drug-likeness (QED) is 0.641.